The summed E-state index contributed by atoms with van der Waals surface area (Å²) in [5.74, 6) is 2.70. The number of rotatable bonds is 7. The molecule has 2 saturated carbocycles. The molecule has 2 fully saturated rings. The summed E-state index contributed by atoms with van der Waals surface area (Å²) < 4.78 is 5.88. The number of nitrogens with zero attached hydrogens (tertiary/aromatic N) is 1. The third-order valence-corrected chi connectivity index (χ3v) is 8.27. The highest BCUT2D eigenvalue weighted by Gasteiger charge is 2.52. The minimum absolute atomic E-state index is 0.355. The highest BCUT2D eigenvalue weighted by Crippen LogP contribution is 2.62. The van der Waals surface area contributed by atoms with Gasteiger partial charge in [-0.05, 0) is 100 Å². The van der Waals surface area contributed by atoms with Gasteiger partial charge in [0.2, 0.25) is 0 Å². The number of aromatic hydroxyl groups is 1. The van der Waals surface area contributed by atoms with Crippen LogP contribution in [0, 0.1) is 17.3 Å². The van der Waals surface area contributed by atoms with Crippen molar-refractivity contribution in [2.75, 3.05) is 40.9 Å². The first-order chi connectivity index (χ1) is 14.4. The van der Waals surface area contributed by atoms with Crippen LogP contribution in [0.2, 0.25) is 0 Å². The van der Waals surface area contributed by atoms with Crippen molar-refractivity contribution in [3.05, 3.63) is 40.5 Å². The Kier molecular flexibility index (Phi) is 6.57. The lowest BCUT2D eigenvalue weighted by Crippen LogP contribution is -2.40. The largest absolute Gasteiger partial charge is 0.508 e. The van der Waals surface area contributed by atoms with Crippen LogP contribution >= 0.6 is 0 Å². The van der Waals surface area contributed by atoms with Crippen LogP contribution in [0.3, 0.4) is 0 Å². The Morgan fingerprint density at radius 2 is 2.07 bits per heavy atom. The Morgan fingerprint density at radius 3 is 2.83 bits per heavy atom. The predicted octanol–water partition coefficient (Wildman–Crippen LogP) is 4.47. The normalized spacial score (nSPS) is 31.6. The second-order valence-corrected chi connectivity index (χ2v) is 10.2. The van der Waals surface area contributed by atoms with Gasteiger partial charge >= 0.3 is 0 Å². The number of benzene rings is 1. The lowest BCUT2D eigenvalue weighted by Gasteiger charge is -2.49. The van der Waals surface area contributed by atoms with Crippen LogP contribution in [0.1, 0.15) is 61.6 Å². The zero-order valence-electron chi connectivity index (χ0n) is 19.3. The molecule has 3 aliphatic carbocycles. The maximum absolute atomic E-state index is 10.4. The van der Waals surface area contributed by atoms with E-state index in [0.29, 0.717) is 17.1 Å². The number of ether oxygens (including phenoxy) is 1. The van der Waals surface area contributed by atoms with Gasteiger partial charge < -0.3 is 20.1 Å². The summed E-state index contributed by atoms with van der Waals surface area (Å²) in [6.45, 7) is 5.82. The SMILES string of the molecule is CNCc1cc2c(cc1O)CCC1C2CCC2(C)C(=CCOCCN(C)C)CCC12. The van der Waals surface area contributed by atoms with Crippen LogP contribution in [0.4, 0.5) is 0 Å². The highest BCUT2D eigenvalue weighted by molar-refractivity contribution is 5.46. The number of likely N-dealkylation sites (N-methyl/N-ethyl adjacent to an activating group) is 1. The monoisotopic (exact) mass is 412 g/mol. The minimum atomic E-state index is 0.355. The zero-order valence-corrected chi connectivity index (χ0v) is 19.3. The molecule has 2 N–H and O–H groups in total. The molecule has 1 aromatic carbocycles. The quantitative estimate of drug-likeness (QED) is 0.512. The van der Waals surface area contributed by atoms with Crippen molar-refractivity contribution >= 4 is 0 Å². The summed E-state index contributed by atoms with van der Waals surface area (Å²) in [6, 6.07) is 4.36. The molecule has 0 radical (unpaired) electrons. The maximum atomic E-state index is 10.4. The van der Waals surface area contributed by atoms with Gasteiger partial charge in [-0.2, -0.15) is 0 Å². The molecule has 166 valence electrons. The van der Waals surface area contributed by atoms with Crippen molar-refractivity contribution in [2.45, 2.75) is 57.9 Å². The van der Waals surface area contributed by atoms with E-state index in [1.807, 2.05) is 7.05 Å². The lowest BCUT2D eigenvalue weighted by molar-refractivity contribution is 0.0801. The van der Waals surface area contributed by atoms with E-state index in [1.54, 1.807) is 5.57 Å². The van der Waals surface area contributed by atoms with Gasteiger partial charge in [-0.1, -0.05) is 24.6 Å². The van der Waals surface area contributed by atoms with Gasteiger partial charge in [0.05, 0.1) is 13.2 Å². The molecule has 1 aromatic rings. The number of fused-ring (bicyclic) bond motifs is 5. The van der Waals surface area contributed by atoms with Crippen LogP contribution in [0.15, 0.2) is 23.8 Å². The van der Waals surface area contributed by atoms with E-state index in [2.05, 4.69) is 49.4 Å². The van der Waals surface area contributed by atoms with Crippen LogP contribution < -0.4 is 5.32 Å². The molecular weight excluding hydrogens is 372 g/mol. The molecule has 4 heteroatoms. The fourth-order valence-electron chi connectivity index (χ4n) is 6.66. The topological polar surface area (TPSA) is 44.7 Å². The Bertz CT molecular complexity index is 787. The second kappa shape index (κ2) is 9.02. The smallest absolute Gasteiger partial charge is 0.120 e. The molecular formula is C26H40N2O2. The Morgan fingerprint density at radius 1 is 1.23 bits per heavy atom. The number of hydrogen-bond acceptors (Lipinski definition) is 4. The predicted molar refractivity (Wildman–Crippen MR) is 123 cm³/mol. The second-order valence-electron chi connectivity index (χ2n) is 10.2. The van der Waals surface area contributed by atoms with E-state index >= 15 is 0 Å². The summed E-state index contributed by atoms with van der Waals surface area (Å²) in [5.41, 5.74) is 5.98. The Balaban J connectivity index is 1.49. The molecule has 0 amide bonds. The molecule has 4 rings (SSSR count). The molecule has 4 nitrogen and oxygen atoms in total. The maximum Gasteiger partial charge on any atom is 0.120 e. The van der Waals surface area contributed by atoms with Crippen molar-refractivity contribution < 1.29 is 9.84 Å². The molecule has 30 heavy (non-hydrogen) atoms. The third-order valence-electron chi connectivity index (χ3n) is 8.27. The van der Waals surface area contributed by atoms with Gasteiger partial charge in [-0.15, -0.1) is 0 Å². The van der Waals surface area contributed by atoms with Gasteiger partial charge in [-0.3, -0.25) is 0 Å². The van der Waals surface area contributed by atoms with Crippen LogP contribution in [-0.2, 0) is 17.7 Å². The van der Waals surface area contributed by atoms with E-state index in [1.165, 1.54) is 43.2 Å². The first-order valence-electron chi connectivity index (χ1n) is 11.8. The molecule has 0 aliphatic heterocycles. The molecule has 0 bridgehead atoms. The highest BCUT2D eigenvalue weighted by atomic mass is 16.5. The van der Waals surface area contributed by atoms with Crippen molar-refractivity contribution in [3.63, 3.8) is 0 Å². The average molecular weight is 413 g/mol. The van der Waals surface area contributed by atoms with E-state index in [9.17, 15) is 5.11 Å². The van der Waals surface area contributed by atoms with Crippen LogP contribution in [0.25, 0.3) is 0 Å². The van der Waals surface area contributed by atoms with E-state index in [4.69, 9.17) is 4.74 Å². The molecule has 0 spiro atoms. The van der Waals surface area contributed by atoms with Gasteiger partial charge in [0.25, 0.3) is 0 Å². The first kappa shape index (κ1) is 21.9. The number of aryl methyl sites for hydroxylation is 1. The summed E-state index contributed by atoms with van der Waals surface area (Å²) in [6.07, 6.45) is 9.93. The number of phenols is 1. The molecule has 0 saturated heterocycles. The van der Waals surface area contributed by atoms with E-state index < -0.39 is 0 Å². The first-order valence-corrected chi connectivity index (χ1v) is 11.8. The summed E-state index contributed by atoms with van der Waals surface area (Å²) >= 11 is 0. The van der Waals surface area contributed by atoms with Gasteiger partial charge in [0, 0.05) is 18.7 Å². The lowest BCUT2D eigenvalue weighted by atomic mass is 9.55. The van der Waals surface area contributed by atoms with Gasteiger partial charge in [0.15, 0.2) is 0 Å². The molecule has 4 unspecified atom stereocenters. The Labute approximate surface area is 182 Å². The molecule has 3 aliphatic rings. The van der Waals surface area contributed by atoms with Gasteiger partial charge in [-0.25, -0.2) is 0 Å². The zero-order chi connectivity index (χ0) is 21.3. The summed E-state index contributed by atoms with van der Waals surface area (Å²) in [5, 5.41) is 13.6. The average Bonchev–Trinajstić information content (AvgIpc) is 3.04. The standard InChI is InChI=1S/C26H40N2O2/c1-26-11-9-21-22(7-5-18-16-25(29)19(17-27-2)15-23(18)21)24(26)8-6-20(26)10-13-30-14-12-28(3)4/h10,15-16,21-22,24,27,29H,5-9,11-14,17H2,1-4H3. The van der Waals surface area contributed by atoms with Crippen molar-refractivity contribution in [2.24, 2.45) is 17.3 Å². The molecule has 0 heterocycles. The fraction of sp³-hybridized carbons (Fsp3) is 0.692. The number of nitrogens with one attached hydrogen (secondary N) is 1. The van der Waals surface area contributed by atoms with E-state index in [0.717, 1.165) is 50.1 Å². The third kappa shape index (κ3) is 4.06. The minimum Gasteiger partial charge on any atom is -0.508 e. The number of hydrogen-bond donors (Lipinski definition) is 2. The van der Waals surface area contributed by atoms with Gasteiger partial charge in [0.1, 0.15) is 5.75 Å². The summed E-state index contributed by atoms with van der Waals surface area (Å²) in [4.78, 5) is 2.17. The van der Waals surface area contributed by atoms with Crippen LogP contribution in [-0.4, -0.2) is 50.9 Å². The molecule has 4 atom stereocenters. The van der Waals surface area contributed by atoms with Crippen molar-refractivity contribution in [1.29, 1.82) is 0 Å². The van der Waals surface area contributed by atoms with Crippen molar-refractivity contribution in [3.8, 4) is 5.75 Å². The Hall–Kier alpha value is -1.36. The number of allylic oxidation sites excluding steroid dienone is 1. The fourth-order valence-corrected chi connectivity index (χ4v) is 6.66. The summed E-state index contributed by atoms with van der Waals surface area (Å²) in [7, 11) is 6.13. The number of phenolic OH excluding ortho intramolecular Hbond substituents is 1. The van der Waals surface area contributed by atoms with Crippen molar-refractivity contribution in [1.82, 2.24) is 10.2 Å². The molecule has 0 aromatic heterocycles. The van der Waals surface area contributed by atoms with E-state index in [-0.39, 0.29) is 0 Å². The van der Waals surface area contributed by atoms with Crippen LogP contribution in [0.5, 0.6) is 5.75 Å².